The van der Waals surface area contributed by atoms with E-state index in [0.29, 0.717) is 23.4 Å². The lowest BCUT2D eigenvalue weighted by atomic mass is 10.1. The highest BCUT2D eigenvalue weighted by Crippen LogP contribution is 2.37. The summed E-state index contributed by atoms with van der Waals surface area (Å²) in [5, 5.41) is 3.95. The maximum absolute atomic E-state index is 13.9. The molecule has 0 aliphatic carbocycles. The molecular formula is C22H20ClF4N3O3S. The number of unbranched alkanes of at least 4 members (excludes halogenated alkanes) is 1. The van der Waals surface area contributed by atoms with Gasteiger partial charge in [-0.2, -0.15) is 13.2 Å². The minimum Gasteiger partial charge on any atom is -0.486 e. The molecule has 2 aromatic carbocycles. The normalized spacial score (nSPS) is 15.1. The van der Waals surface area contributed by atoms with Crippen molar-refractivity contribution in [3.63, 3.8) is 0 Å². The number of carbonyl (C=O) groups excluding carboxylic acids is 2. The molecule has 12 heteroatoms. The van der Waals surface area contributed by atoms with Crippen LogP contribution in [0.1, 0.15) is 41.3 Å². The van der Waals surface area contributed by atoms with Gasteiger partial charge in [-0.1, -0.05) is 37.1 Å². The number of halogens is 5. The number of benzene rings is 2. The molecule has 0 saturated heterocycles. The van der Waals surface area contributed by atoms with Crippen molar-refractivity contribution in [3.8, 4) is 5.75 Å². The van der Waals surface area contributed by atoms with Gasteiger partial charge in [-0.25, -0.2) is 4.39 Å². The Morgan fingerprint density at radius 3 is 2.65 bits per heavy atom. The molecule has 182 valence electrons. The summed E-state index contributed by atoms with van der Waals surface area (Å²) < 4.78 is 63.3. The van der Waals surface area contributed by atoms with E-state index in [2.05, 4.69) is 9.57 Å². The number of rotatable bonds is 9. The second kappa shape index (κ2) is 11.1. The van der Waals surface area contributed by atoms with E-state index in [1.807, 2.05) is 6.92 Å². The van der Waals surface area contributed by atoms with E-state index in [4.69, 9.17) is 16.3 Å². The van der Waals surface area contributed by atoms with Crippen LogP contribution in [0.4, 0.5) is 17.6 Å². The molecule has 2 aromatic rings. The van der Waals surface area contributed by atoms with Crippen LogP contribution in [0, 0.1) is 5.82 Å². The van der Waals surface area contributed by atoms with Gasteiger partial charge in [0.2, 0.25) is 5.17 Å². The quantitative estimate of drug-likeness (QED) is 0.321. The first-order valence-electron chi connectivity index (χ1n) is 10.2. The highest BCUT2D eigenvalue weighted by atomic mass is 35.5. The Labute approximate surface area is 200 Å². The Kier molecular flexibility index (Phi) is 8.42. The minimum absolute atomic E-state index is 0.0352. The van der Waals surface area contributed by atoms with Gasteiger partial charge in [-0.05, 0) is 36.2 Å². The van der Waals surface area contributed by atoms with Gasteiger partial charge in [-0.15, -0.1) is 9.57 Å². The second-order valence-corrected chi connectivity index (χ2v) is 9.12. The number of alkyl halides is 3. The smallest absolute Gasteiger partial charge is 0.419 e. The van der Waals surface area contributed by atoms with Crippen LogP contribution in [-0.2, 0) is 27.4 Å². The zero-order valence-corrected chi connectivity index (χ0v) is 19.5. The molecule has 6 nitrogen and oxygen atoms in total. The van der Waals surface area contributed by atoms with E-state index in [-0.39, 0.29) is 22.9 Å². The number of amides is 1. The van der Waals surface area contributed by atoms with Crippen molar-refractivity contribution in [2.75, 3.05) is 13.2 Å². The predicted molar refractivity (Wildman–Crippen MR) is 121 cm³/mol. The molecule has 0 spiro atoms. The van der Waals surface area contributed by atoms with Gasteiger partial charge < -0.3 is 4.74 Å². The average Bonchev–Trinajstić information content (AvgIpc) is 2.79. The average molecular weight is 518 g/mol. The molecule has 34 heavy (non-hydrogen) atoms. The molecule has 1 aliphatic heterocycles. The Morgan fingerprint density at radius 2 is 2.03 bits per heavy atom. The fraction of sp³-hybridized carbons (Fsp3) is 0.318. The fourth-order valence-corrected chi connectivity index (χ4v) is 4.71. The van der Waals surface area contributed by atoms with Crippen molar-refractivity contribution in [3.05, 3.63) is 63.9 Å². The Morgan fingerprint density at radius 1 is 1.26 bits per heavy atom. The SMILES string of the molecule is CCCCN(C(=O)c1cccc(F)c1Cl)C1=NN=S1Cc1ccc(OCC=O)c(C(F)(F)F)c1. The number of amidine groups is 1. The number of nitrogens with zero attached hydrogens (tertiary/aromatic N) is 3. The third kappa shape index (κ3) is 5.82. The first-order chi connectivity index (χ1) is 16.2. The number of hydrogen-bond acceptors (Lipinski definition) is 5. The molecule has 0 fully saturated rings. The first-order valence-corrected chi connectivity index (χ1v) is 11.9. The standard InChI is InChI=1S/C22H20ClF4N3O3S/c1-2-3-9-30(20(32)15-5-4-6-17(24)19(15)23)21-28-29-34(21)13-14-7-8-18(33-11-10-31)16(12-14)22(25,26)27/h4-8,10,12H,2-3,9,11,13H2,1H3. The van der Waals surface area contributed by atoms with Gasteiger partial charge in [0.25, 0.3) is 5.91 Å². The van der Waals surface area contributed by atoms with Crippen LogP contribution < -0.4 is 4.74 Å². The summed E-state index contributed by atoms with van der Waals surface area (Å²) in [6.45, 7) is 1.69. The molecular weight excluding hydrogens is 498 g/mol. The minimum atomic E-state index is -4.69. The molecule has 3 rings (SSSR count). The van der Waals surface area contributed by atoms with Crippen molar-refractivity contribution in [2.45, 2.75) is 31.7 Å². The van der Waals surface area contributed by atoms with Crippen molar-refractivity contribution >= 4 is 39.7 Å². The van der Waals surface area contributed by atoms with Gasteiger partial charge in [-0.3, -0.25) is 14.5 Å². The topological polar surface area (TPSA) is 71.3 Å². The lowest BCUT2D eigenvalue weighted by molar-refractivity contribution is -0.139. The third-order valence-electron chi connectivity index (χ3n) is 4.79. The van der Waals surface area contributed by atoms with E-state index in [0.717, 1.165) is 24.6 Å². The number of carbonyl (C=O) groups is 2. The second-order valence-electron chi connectivity index (χ2n) is 7.19. The molecule has 1 unspecified atom stereocenters. The zero-order chi connectivity index (χ0) is 24.9. The molecule has 0 N–H and O–H groups in total. The van der Waals surface area contributed by atoms with E-state index < -0.39 is 46.5 Å². The number of hydrogen-bond donors (Lipinski definition) is 0. The Hall–Kier alpha value is -2.79. The van der Waals surface area contributed by atoms with Crippen molar-refractivity contribution in [1.82, 2.24) is 4.90 Å². The van der Waals surface area contributed by atoms with E-state index in [1.54, 1.807) is 0 Å². The molecule has 1 atom stereocenters. The van der Waals surface area contributed by atoms with Crippen LogP contribution >= 0.6 is 11.6 Å². The van der Waals surface area contributed by atoms with Crippen LogP contribution in [-0.4, -0.2) is 35.4 Å². The molecule has 0 bridgehead atoms. The lowest BCUT2D eigenvalue weighted by Crippen LogP contribution is -2.42. The van der Waals surface area contributed by atoms with Crippen molar-refractivity contribution in [2.24, 2.45) is 9.57 Å². The van der Waals surface area contributed by atoms with Crippen LogP contribution in [0.25, 0.3) is 0 Å². The van der Waals surface area contributed by atoms with E-state index >= 15 is 0 Å². The summed E-state index contributed by atoms with van der Waals surface area (Å²) in [5.41, 5.74) is -0.746. The summed E-state index contributed by atoms with van der Waals surface area (Å²) >= 11 is 5.99. The molecule has 0 saturated carbocycles. The van der Waals surface area contributed by atoms with Gasteiger partial charge in [0.05, 0.1) is 16.1 Å². The van der Waals surface area contributed by atoms with Crippen LogP contribution in [0.2, 0.25) is 5.02 Å². The van der Waals surface area contributed by atoms with Crippen LogP contribution in [0.3, 0.4) is 0 Å². The highest BCUT2D eigenvalue weighted by molar-refractivity contribution is 8.02. The maximum atomic E-state index is 13.9. The van der Waals surface area contributed by atoms with Gasteiger partial charge >= 0.3 is 6.18 Å². The van der Waals surface area contributed by atoms with E-state index in [1.165, 1.54) is 23.1 Å². The number of ether oxygens (including phenoxy) is 1. The van der Waals surface area contributed by atoms with Gasteiger partial charge in [0, 0.05) is 23.0 Å². The molecule has 1 aliphatic rings. The summed E-state index contributed by atoms with van der Waals surface area (Å²) in [4.78, 5) is 25.0. The molecule has 0 aromatic heterocycles. The predicted octanol–water partition coefficient (Wildman–Crippen LogP) is 5.60. The third-order valence-corrected chi connectivity index (χ3v) is 6.78. The highest BCUT2D eigenvalue weighted by Gasteiger charge is 2.35. The maximum Gasteiger partial charge on any atom is 0.419 e. The summed E-state index contributed by atoms with van der Waals surface area (Å²) in [6, 6.07) is 7.42. The first kappa shape index (κ1) is 25.8. The summed E-state index contributed by atoms with van der Waals surface area (Å²) in [7, 11) is -0.993. The van der Waals surface area contributed by atoms with Gasteiger partial charge in [0.15, 0.2) is 6.29 Å². The molecule has 1 amide bonds. The van der Waals surface area contributed by atoms with Gasteiger partial charge in [0.1, 0.15) is 18.2 Å². The van der Waals surface area contributed by atoms with E-state index in [9.17, 15) is 27.2 Å². The van der Waals surface area contributed by atoms with Crippen LogP contribution in [0.15, 0.2) is 46.0 Å². The largest absolute Gasteiger partial charge is 0.486 e. The zero-order valence-electron chi connectivity index (χ0n) is 17.9. The number of aldehydes is 1. The van der Waals surface area contributed by atoms with Crippen molar-refractivity contribution in [1.29, 1.82) is 0 Å². The summed E-state index contributed by atoms with van der Waals surface area (Å²) in [5.74, 6) is -1.68. The summed E-state index contributed by atoms with van der Waals surface area (Å²) in [6.07, 6.45) is -2.95. The fourth-order valence-electron chi connectivity index (χ4n) is 3.12. The molecule has 0 radical (unpaired) electrons. The monoisotopic (exact) mass is 517 g/mol. The van der Waals surface area contributed by atoms with Crippen LogP contribution in [0.5, 0.6) is 5.75 Å². The lowest BCUT2D eigenvalue weighted by Gasteiger charge is -2.28. The molecule has 1 heterocycles. The van der Waals surface area contributed by atoms with Crippen molar-refractivity contribution < 1.29 is 31.9 Å². The Balaban J connectivity index is 1.84. The Bertz CT molecular complexity index is 1150.